The normalized spacial score (nSPS) is 40.0. The Balaban J connectivity index is 1.37. The first-order valence-electron chi connectivity index (χ1n) is 18.6. The van der Waals surface area contributed by atoms with E-state index in [2.05, 4.69) is 52.2 Å². The fraction of sp³-hybridized carbons (Fsp3) is 1.00. The quantitative estimate of drug-likeness (QED) is 0.104. The van der Waals surface area contributed by atoms with Crippen LogP contribution in [0.3, 0.4) is 0 Å². The summed E-state index contributed by atoms with van der Waals surface area (Å²) in [5.41, 5.74) is 6.75. The molecule has 6 nitrogen and oxygen atoms in total. The van der Waals surface area contributed by atoms with Crippen molar-refractivity contribution in [2.24, 2.45) is 57.5 Å². The van der Waals surface area contributed by atoms with Crippen LogP contribution in [-0.2, 0) is 13.1 Å². The molecule has 4 rings (SSSR count). The van der Waals surface area contributed by atoms with Crippen LogP contribution in [0.15, 0.2) is 0 Å². The molecule has 7 heteroatoms. The standard InChI is InChI=1S/C37H71N3O3S/c1-26(2)31(43-44-42-8)14-12-27(3)30-13-15-32-36(30,5)19-17-33-35(4)18-16-29(40-23-11-22-39-21-10-9-20-38)24-28(35)25-34(41-7)37(32,33)6/h26-34,39-40H,9-25,38H2,1-8H3/t27-,28?,29+,30?,31-,32?,33?,34-,35+,36-,37+/m1/s1. The number of unbranched alkanes of at least 4 members (excludes halogenated alkanes) is 1. The highest BCUT2D eigenvalue weighted by Crippen LogP contribution is 2.73. The van der Waals surface area contributed by atoms with Crippen molar-refractivity contribution in [1.29, 1.82) is 0 Å². The van der Waals surface area contributed by atoms with Crippen molar-refractivity contribution < 1.29 is 13.1 Å². The predicted molar refractivity (Wildman–Crippen MR) is 186 cm³/mol. The molecule has 0 bridgehead atoms. The molecule has 0 aromatic heterocycles. The molecule has 4 unspecified atom stereocenters. The minimum Gasteiger partial charge on any atom is -0.381 e. The summed E-state index contributed by atoms with van der Waals surface area (Å²) in [5, 5.41) is 7.56. The van der Waals surface area contributed by atoms with Gasteiger partial charge in [-0.25, -0.2) is 0 Å². The van der Waals surface area contributed by atoms with E-state index in [-0.39, 0.29) is 11.5 Å². The molecule has 0 aromatic carbocycles. The van der Waals surface area contributed by atoms with Crippen molar-refractivity contribution in [2.75, 3.05) is 40.4 Å². The second-order valence-electron chi connectivity index (χ2n) is 16.6. The summed E-state index contributed by atoms with van der Waals surface area (Å²) in [6.45, 7) is 19.3. The highest BCUT2D eigenvalue weighted by atomic mass is 32.2. The van der Waals surface area contributed by atoms with Gasteiger partial charge in [-0.1, -0.05) is 41.5 Å². The van der Waals surface area contributed by atoms with Crippen molar-refractivity contribution in [1.82, 2.24) is 10.6 Å². The summed E-state index contributed by atoms with van der Waals surface area (Å²) >= 11 is 1.15. The molecule has 4 aliphatic carbocycles. The first-order valence-corrected chi connectivity index (χ1v) is 19.3. The van der Waals surface area contributed by atoms with E-state index in [4.69, 9.17) is 18.8 Å². The molecule has 4 aliphatic rings. The minimum atomic E-state index is 0.251. The van der Waals surface area contributed by atoms with Crippen molar-refractivity contribution >= 4 is 12.3 Å². The summed E-state index contributed by atoms with van der Waals surface area (Å²) in [6, 6.07) is 0.665. The Kier molecular flexibility index (Phi) is 13.8. The molecule has 4 N–H and O–H groups in total. The molecule has 44 heavy (non-hydrogen) atoms. The average molecular weight is 638 g/mol. The molecule has 0 saturated heterocycles. The number of hydrogen-bond acceptors (Lipinski definition) is 7. The molecule has 0 aromatic rings. The molecule has 0 aliphatic heterocycles. The maximum atomic E-state index is 6.57. The van der Waals surface area contributed by atoms with E-state index in [0.717, 1.165) is 80.9 Å². The fourth-order valence-corrected chi connectivity index (χ4v) is 12.1. The van der Waals surface area contributed by atoms with Gasteiger partial charge in [-0.3, -0.25) is 8.37 Å². The van der Waals surface area contributed by atoms with Crippen LogP contribution in [-0.4, -0.2) is 58.6 Å². The van der Waals surface area contributed by atoms with E-state index in [9.17, 15) is 0 Å². The second-order valence-corrected chi connectivity index (χ2v) is 17.2. The van der Waals surface area contributed by atoms with Crippen LogP contribution in [0.25, 0.3) is 0 Å². The van der Waals surface area contributed by atoms with Crippen LogP contribution < -0.4 is 16.4 Å². The molecule has 4 saturated carbocycles. The van der Waals surface area contributed by atoms with Crippen LogP contribution >= 0.6 is 12.3 Å². The van der Waals surface area contributed by atoms with E-state index >= 15 is 0 Å². The van der Waals surface area contributed by atoms with Crippen LogP contribution in [0, 0.1) is 51.8 Å². The zero-order chi connectivity index (χ0) is 32.0. The van der Waals surface area contributed by atoms with E-state index in [1.165, 1.54) is 70.6 Å². The molecular formula is C37H71N3O3S. The van der Waals surface area contributed by atoms with Gasteiger partial charge in [-0.2, -0.15) is 0 Å². The third kappa shape index (κ3) is 7.70. The van der Waals surface area contributed by atoms with Gasteiger partial charge in [0.25, 0.3) is 0 Å². The second kappa shape index (κ2) is 16.5. The van der Waals surface area contributed by atoms with E-state index in [1.54, 1.807) is 7.11 Å². The number of hydrogen-bond donors (Lipinski definition) is 3. The highest BCUT2D eigenvalue weighted by Gasteiger charge is 2.68. The van der Waals surface area contributed by atoms with Crippen molar-refractivity contribution in [3.63, 3.8) is 0 Å². The fourth-order valence-electron chi connectivity index (χ4n) is 11.6. The lowest BCUT2D eigenvalue weighted by Gasteiger charge is -2.68. The third-order valence-corrected chi connectivity index (χ3v) is 14.5. The zero-order valence-corrected chi connectivity index (χ0v) is 30.7. The van der Waals surface area contributed by atoms with E-state index < -0.39 is 0 Å². The number of rotatable bonds is 18. The maximum Gasteiger partial charge on any atom is 0.158 e. The van der Waals surface area contributed by atoms with Crippen LogP contribution in [0.5, 0.6) is 0 Å². The van der Waals surface area contributed by atoms with Crippen molar-refractivity contribution in [3.8, 4) is 0 Å². The molecule has 0 radical (unpaired) electrons. The van der Waals surface area contributed by atoms with E-state index in [0.29, 0.717) is 28.9 Å². The molecule has 4 fully saturated rings. The Labute approximate surface area is 276 Å². The Morgan fingerprint density at radius 1 is 0.841 bits per heavy atom. The molecule has 258 valence electrons. The summed E-state index contributed by atoms with van der Waals surface area (Å²) in [4.78, 5) is 0. The lowest BCUT2D eigenvalue weighted by Crippen LogP contribution is -2.65. The predicted octanol–water partition coefficient (Wildman–Crippen LogP) is 8.00. The topological polar surface area (TPSA) is 77.8 Å². The maximum absolute atomic E-state index is 6.57. The Morgan fingerprint density at radius 3 is 2.27 bits per heavy atom. The molecule has 0 heterocycles. The van der Waals surface area contributed by atoms with Gasteiger partial charge in [0.1, 0.15) is 0 Å². The van der Waals surface area contributed by atoms with E-state index in [1.807, 2.05) is 7.11 Å². The van der Waals surface area contributed by atoms with Gasteiger partial charge in [-0.15, -0.1) is 0 Å². The Morgan fingerprint density at radius 2 is 1.57 bits per heavy atom. The zero-order valence-electron chi connectivity index (χ0n) is 29.9. The largest absolute Gasteiger partial charge is 0.381 e. The molecular weight excluding hydrogens is 566 g/mol. The Bertz CT molecular complexity index is 864. The van der Waals surface area contributed by atoms with Crippen LogP contribution in [0.2, 0.25) is 0 Å². The first kappa shape index (κ1) is 36.9. The SMILES string of the molecule is COSO[C@H](CC[C@@H](C)C1CCC2[C@]1(C)CCC1[C@@]3(C)CC[C@H](NCCCNCCCCN)CC3C[C@@H](OC)[C@]12C)C(C)C. The third-order valence-electron chi connectivity index (χ3n) is 14.0. The monoisotopic (exact) mass is 638 g/mol. The molecule has 0 spiro atoms. The lowest BCUT2D eigenvalue weighted by molar-refractivity contribution is -0.227. The van der Waals surface area contributed by atoms with Gasteiger partial charge in [0.15, 0.2) is 12.3 Å². The number of nitrogens with one attached hydrogen (secondary N) is 2. The summed E-state index contributed by atoms with van der Waals surface area (Å²) in [5.74, 6) is 4.32. The lowest BCUT2D eigenvalue weighted by atomic mass is 9.38. The van der Waals surface area contributed by atoms with Crippen molar-refractivity contribution in [2.45, 2.75) is 143 Å². The molecule has 11 atom stereocenters. The van der Waals surface area contributed by atoms with Gasteiger partial charge >= 0.3 is 0 Å². The average Bonchev–Trinajstić information content (AvgIpc) is 3.36. The van der Waals surface area contributed by atoms with Gasteiger partial charge < -0.3 is 21.1 Å². The number of ether oxygens (including phenoxy) is 1. The Hall–Kier alpha value is 0.110. The summed E-state index contributed by atoms with van der Waals surface area (Å²) < 4.78 is 17.7. The molecule has 0 amide bonds. The number of methoxy groups -OCH3 is 1. The minimum absolute atomic E-state index is 0.251. The van der Waals surface area contributed by atoms with Crippen molar-refractivity contribution in [3.05, 3.63) is 0 Å². The smallest absolute Gasteiger partial charge is 0.158 e. The van der Waals surface area contributed by atoms with Gasteiger partial charge in [0.2, 0.25) is 0 Å². The number of nitrogens with two attached hydrogens (primary N) is 1. The highest BCUT2D eigenvalue weighted by molar-refractivity contribution is 7.89. The van der Waals surface area contributed by atoms with Crippen LogP contribution in [0.4, 0.5) is 0 Å². The first-order chi connectivity index (χ1) is 21.1. The van der Waals surface area contributed by atoms with Gasteiger partial charge in [0, 0.05) is 18.6 Å². The summed E-state index contributed by atoms with van der Waals surface area (Å²) in [7, 11) is 3.72. The number of fused-ring (bicyclic) bond motifs is 5. The summed E-state index contributed by atoms with van der Waals surface area (Å²) in [6.07, 6.45) is 17.4. The van der Waals surface area contributed by atoms with Gasteiger partial charge in [-0.05, 0) is 156 Å². The van der Waals surface area contributed by atoms with Gasteiger partial charge in [0.05, 0.1) is 19.3 Å². The van der Waals surface area contributed by atoms with Crippen LogP contribution in [0.1, 0.15) is 125 Å².